The first-order chi connectivity index (χ1) is 7.45. The summed E-state index contributed by atoms with van der Waals surface area (Å²) in [6.45, 7) is 0. The summed E-state index contributed by atoms with van der Waals surface area (Å²) in [5.41, 5.74) is 5.38. The minimum Gasteiger partial charge on any atom is -0.361 e. The number of fused-ring (bicyclic) bond motifs is 2. The summed E-state index contributed by atoms with van der Waals surface area (Å²) in [4.78, 5) is 0. The van der Waals surface area contributed by atoms with E-state index in [0.717, 1.165) is 12.8 Å². The van der Waals surface area contributed by atoms with Gasteiger partial charge in [-0.2, -0.15) is 0 Å². The average molecular weight is 195 g/mol. The highest BCUT2D eigenvalue weighted by molar-refractivity contribution is 5.83. The van der Waals surface area contributed by atoms with Crippen LogP contribution in [0.2, 0.25) is 0 Å². The SMILES string of the molecule is C1=CC2=C(CC1)c1ccccc1NC=C2. The van der Waals surface area contributed by atoms with Gasteiger partial charge in [-0.05, 0) is 36.1 Å². The van der Waals surface area contributed by atoms with Gasteiger partial charge in [0.25, 0.3) is 0 Å². The number of benzene rings is 1. The van der Waals surface area contributed by atoms with Gasteiger partial charge in [0.15, 0.2) is 0 Å². The van der Waals surface area contributed by atoms with Crippen LogP contribution in [0.25, 0.3) is 5.57 Å². The van der Waals surface area contributed by atoms with Gasteiger partial charge in [-0.3, -0.25) is 0 Å². The van der Waals surface area contributed by atoms with Gasteiger partial charge in [-0.15, -0.1) is 0 Å². The van der Waals surface area contributed by atoms with Crippen LogP contribution < -0.4 is 5.32 Å². The lowest BCUT2D eigenvalue weighted by Crippen LogP contribution is -1.94. The number of hydrogen-bond acceptors (Lipinski definition) is 1. The molecule has 0 amide bonds. The van der Waals surface area contributed by atoms with Crippen molar-refractivity contribution in [3.05, 3.63) is 59.8 Å². The van der Waals surface area contributed by atoms with E-state index >= 15 is 0 Å². The molecule has 0 saturated heterocycles. The second kappa shape index (κ2) is 3.43. The van der Waals surface area contributed by atoms with Crippen molar-refractivity contribution in [3.8, 4) is 0 Å². The fourth-order valence-corrected chi connectivity index (χ4v) is 2.22. The summed E-state index contributed by atoms with van der Waals surface area (Å²) in [7, 11) is 0. The van der Waals surface area contributed by atoms with E-state index in [9.17, 15) is 0 Å². The van der Waals surface area contributed by atoms with E-state index in [-0.39, 0.29) is 0 Å². The molecule has 0 spiro atoms. The summed E-state index contributed by atoms with van der Waals surface area (Å²) in [5, 5.41) is 3.33. The van der Waals surface area contributed by atoms with Crippen molar-refractivity contribution < 1.29 is 0 Å². The van der Waals surface area contributed by atoms with Crippen LogP contribution in [-0.2, 0) is 0 Å². The molecule has 1 nitrogen and oxygen atoms in total. The van der Waals surface area contributed by atoms with Crippen LogP contribution in [0, 0.1) is 0 Å². The molecule has 1 aliphatic heterocycles. The third-order valence-corrected chi connectivity index (χ3v) is 2.96. The Balaban J connectivity index is 2.23. The quantitative estimate of drug-likeness (QED) is 0.665. The zero-order valence-electron chi connectivity index (χ0n) is 8.53. The summed E-state index contributed by atoms with van der Waals surface area (Å²) in [5.74, 6) is 0. The van der Waals surface area contributed by atoms with Crippen LogP contribution in [0.1, 0.15) is 18.4 Å². The Morgan fingerprint density at radius 1 is 1.07 bits per heavy atom. The first kappa shape index (κ1) is 8.54. The minimum atomic E-state index is 1.15. The van der Waals surface area contributed by atoms with E-state index in [1.807, 2.05) is 6.20 Å². The molecule has 0 radical (unpaired) electrons. The number of allylic oxidation sites excluding steroid dienone is 5. The molecule has 0 bridgehead atoms. The zero-order valence-corrected chi connectivity index (χ0v) is 8.53. The molecular weight excluding hydrogens is 182 g/mol. The molecule has 1 heterocycles. The molecule has 0 atom stereocenters. The topological polar surface area (TPSA) is 12.0 Å². The molecule has 1 aromatic carbocycles. The van der Waals surface area contributed by atoms with Crippen molar-refractivity contribution >= 4 is 11.3 Å². The second-order valence-corrected chi connectivity index (χ2v) is 3.90. The Labute approximate surface area is 89.8 Å². The predicted molar refractivity (Wildman–Crippen MR) is 64.5 cm³/mol. The molecule has 0 saturated carbocycles. The van der Waals surface area contributed by atoms with Crippen LogP contribution >= 0.6 is 0 Å². The maximum atomic E-state index is 3.33. The van der Waals surface area contributed by atoms with Gasteiger partial charge in [-0.25, -0.2) is 0 Å². The van der Waals surface area contributed by atoms with Crippen LogP contribution in [-0.4, -0.2) is 0 Å². The molecule has 3 rings (SSSR count). The molecule has 1 aliphatic carbocycles. The number of rotatable bonds is 0. The van der Waals surface area contributed by atoms with E-state index in [1.165, 1.54) is 22.4 Å². The number of para-hydroxylation sites is 1. The first-order valence-electron chi connectivity index (χ1n) is 5.37. The normalized spacial score (nSPS) is 17.9. The molecule has 1 N–H and O–H groups in total. The zero-order chi connectivity index (χ0) is 10.1. The van der Waals surface area contributed by atoms with Gasteiger partial charge in [0, 0.05) is 17.5 Å². The standard InChI is InChI=1S/C14H13N/c1-2-6-12-11(5-1)9-10-15-14-8-4-3-7-13(12)14/h1,3-5,7-10,15H,2,6H2. The summed E-state index contributed by atoms with van der Waals surface area (Å²) in [6.07, 6.45) is 11.0. The highest BCUT2D eigenvalue weighted by Crippen LogP contribution is 2.35. The predicted octanol–water partition coefficient (Wildman–Crippen LogP) is 3.73. The second-order valence-electron chi connectivity index (χ2n) is 3.90. The lowest BCUT2D eigenvalue weighted by Gasteiger charge is -2.14. The van der Waals surface area contributed by atoms with Crippen LogP contribution in [0.3, 0.4) is 0 Å². The lowest BCUT2D eigenvalue weighted by molar-refractivity contribution is 1.05. The van der Waals surface area contributed by atoms with Crippen molar-refractivity contribution in [3.63, 3.8) is 0 Å². The third kappa shape index (κ3) is 1.40. The van der Waals surface area contributed by atoms with Crippen LogP contribution in [0.5, 0.6) is 0 Å². The lowest BCUT2D eigenvalue weighted by atomic mass is 9.91. The average Bonchev–Trinajstić information content (AvgIpc) is 2.48. The third-order valence-electron chi connectivity index (χ3n) is 2.96. The summed E-state index contributed by atoms with van der Waals surface area (Å²) >= 11 is 0. The van der Waals surface area contributed by atoms with E-state index in [0.29, 0.717) is 0 Å². The Hall–Kier alpha value is -1.76. The molecule has 0 unspecified atom stereocenters. The van der Waals surface area contributed by atoms with Crippen LogP contribution in [0.4, 0.5) is 5.69 Å². The van der Waals surface area contributed by atoms with E-state index in [1.54, 1.807) is 0 Å². The molecule has 1 aromatic rings. The minimum absolute atomic E-state index is 1.15. The Morgan fingerprint density at radius 3 is 3.00 bits per heavy atom. The van der Waals surface area contributed by atoms with Gasteiger partial charge >= 0.3 is 0 Å². The van der Waals surface area contributed by atoms with Crippen molar-refractivity contribution in [2.45, 2.75) is 12.8 Å². The highest BCUT2D eigenvalue weighted by atomic mass is 14.8. The number of nitrogens with one attached hydrogen (secondary N) is 1. The Bertz CT molecular complexity index is 478. The fourth-order valence-electron chi connectivity index (χ4n) is 2.22. The van der Waals surface area contributed by atoms with E-state index in [4.69, 9.17) is 0 Å². The molecule has 1 heteroatoms. The smallest absolute Gasteiger partial charge is 0.0456 e. The molecule has 2 aliphatic rings. The van der Waals surface area contributed by atoms with Crippen molar-refractivity contribution in [2.75, 3.05) is 5.32 Å². The summed E-state index contributed by atoms with van der Waals surface area (Å²) < 4.78 is 0. The first-order valence-corrected chi connectivity index (χ1v) is 5.37. The largest absolute Gasteiger partial charge is 0.361 e. The number of hydrogen-bond donors (Lipinski definition) is 1. The van der Waals surface area contributed by atoms with Gasteiger partial charge in [0.2, 0.25) is 0 Å². The molecule has 15 heavy (non-hydrogen) atoms. The summed E-state index contributed by atoms with van der Waals surface area (Å²) in [6, 6.07) is 8.51. The van der Waals surface area contributed by atoms with Gasteiger partial charge in [0.1, 0.15) is 0 Å². The maximum Gasteiger partial charge on any atom is 0.0456 e. The maximum absolute atomic E-state index is 3.33. The molecular formula is C14H13N. The molecule has 74 valence electrons. The Kier molecular flexibility index (Phi) is 1.95. The fraction of sp³-hybridized carbons (Fsp3) is 0.143. The van der Waals surface area contributed by atoms with Crippen molar-refractivity contribution in [1.29, 1.82) is 0 Å². The Morgan fingerprint density at radius 2 is 2.00 bits per heavy atom. The van der Waals surface area contributed by atoms with Gasteiger partial charge in [-0.1, -0.05) is 30.4 Å². The van der Waals surface area contributed by atoms with E-state index in [2.05, 4.69) is 47.8 Å². The monoisotopic (exact) mass is 195 g/mol. The highest BCUT2D eigenvalue weighted by Gasteiger charge is 2.13. The molecule has 0 aromatic heterocycles. The molecule has 0 fully saturated rings. The van der Waals surface area contributed by atoms with Crippen molar-refractivity contribution in [1.82, 2.24) is 0 Å². The number of anilines is 1. The van der Waals surface area contributed by atoms with Crippen LogP contribution in [0.15, 0.2) is 54.3 Å². The van der Waals surface area contributed by atoms with Gasteiger partial charge in [0.05, 0.1) is 0 Å². The van der Waals surface area contributed by atoms with Crippen molar-refractivity contribution in [2.24, 2.45) is 0 Å². The van der Waals surface area contributed by atoms with Gasteiger partial charge < -0.3 is 5.32 Å². The van der Waals surface area contributed by atoms with E-state index < -0.39 is 0 Å².